The highest BCUT2D eigenvalue weighted by molar-refractivity contribution is 7.89. The molecule has 29 heavy (non-hydrogen) atoms. The smallest absolute Gasteiger partial charge is 0.259 e. The molecule has 2 aromatic carbocycles. The average Bonchev–Trinajstić information content (AvgIpc) is 3.10. The van der Waals surface area contributed by atoms with Crippen LogP contribution in [0, 0.1) is 6.92 Å². The topological polar surface area (TPSA) is 79.4 Å². The Morgan fingerprint density at radius 1 is 1.10 bits per heavy atom. The molecule has 0 spiro atoms. The minimum absolute atomic E-state index is 0.0106. The largest absolute Gasteiger partial charge is 0.298 e. The molecule has 0 bridgehead atoms. The molecule has 1 aromatic heterocycles. The fraction of sp³-hybridized carbons (Fsp3) is 0.158. The molecule has 0 aliphatic rings. The molecule has 3 aromatic rings. The summed E-state index contributed by atoms with van der Waals surface area (Å²) in [7, 11) is -1.08. The molecule has 0 radical (unpaired) electrons. The number of nitrogens with one attached hydrogen (secondary N) is 1. The van der Waals surface area contributed by atoms with E-state index < -0.39 is 15.9 Å². The van der Waals surface area contributed by atoms with Crippen molar-refractivity contribution in [2.75, 3.05) is 19.4 Å². The van der Waals surface area contributed by atoms with E-state index in [1.807, 2.05) is 36.6 Å². The molecule has 10 heteroatoms. The molecule has 1 amide bonds. The van der Waals surface area contributed by atoms with Crippen LogP contribution >= 0.6 is 34.5 Å². The normalized spacial score (nSPS) is 11.7. The second kappa shape index (κ2) is 8.41. The lowest BCUT2D eigenvalue weighted by molar-refractivity contribution is 0.102. The van der Waals surface area contributed by atoms with Crippen molar-refractivity contribution in [3.8, 4) is 11.3 Å². The van der Waals surface area contributed by atoms with E-state index in [0.29, 0.717) is 5.13 Å². The second-order valence-corrected chi connectivity index (χ2v) is 10.2. The van der Waals surface area contributed by atoms with Gasteiger partial charge in [0.05, 0.1) is 21.3 Å². The number of halogens is 2. The zero-order chi connectivity index (χ0) is 21.3. The van der Waals surface area contributed by atoms with Crippen LogP contribution in [-0.2, 0) is 10.0 Å². The van der Waals surface area contributed by atoms with Crippen LogP contribution in [0.15, 0.2) is 46.7 Å². The van der Waals surface area contributed by atoms with Crippen molar-refractivity contribution in [3.05, 3.63) is 63.0 Å². The summed E-state index contributed by atoms with van der Waals surface area (Å²) >= 11 is 13.4. The van der Waals surface area contributed by atoms with Gasteiger partial charge in [-0.05, 0) is 19.1 Å². The Hall–Kier alpha value is -1.97. The van der Waals surface area contributed by atoms with Crippen molar-refractivity contribution in [3.63, 3.8) is 0 Å². The molecular formula is C19H17Cl2N3O3S2. The number of benzene rings is 2. The van der Waals surface area contributed by atoms with Crippen LogP contribution in [0.25, 0.3) is 11.3 Å². The van der Waals surface area contributed by atoms with E-state index >= 15 is 0 Å². The molecule has 6 nitrogen and oxygen atoms in total. The first-order chi connectivity index (χ1) is 13.6. The van der Waals surface area contributed by atoms with Gasteiger partial charge in [0, 0.05) is 25.0 Å². The van der Waals surface area contributed by atoms with Gasteiger partial charge in [-0.1, -0.05) is 53.0 Å². The van der Waals surface area contributed by atoms with E-state index in [1.165, 1.54) is 37.6 Å². The molecule has 1 N–H and O–H groups in total. The lowest BCUT2D eigenvalue weighted by Crippen LogP contribution is -2.23. The molecule has 0 fully saturated rings. The lowest BCUT2D eigenvalue weighted by Gasteiger charge is -2.14. The summed E-state index contributed by atoms with van der Waals surface area (Å²) in [6.45, 7) is 2.00. The summed E-state index contributed by atoms with van der Waals surface area (Å²) in [6, 6.07) is 10.3. The van der Waals surface area contributed by atoms with Crippen LogP contribution in [0.5, 0.6) is 0 Å². The number of thiazole rings is 1. The summed E-state index contributed by atoms with van der Waals surface area (Å²) in [4.78, 5) is 16.9. The van der Waals surface area contributed by atoms with Crippen LogP contribution in [0.4, 0.5) is 5.13 Å². The summed E-state index contributed by atoms with van der Waals surface area (Å²) in [5.41, 5.74) is 2.78. The van der Waals surface area contributed by atoms with E-state index in [0.717, 1.165) is 21.1 Å². The molecule has 0 saturated heterocycles. The molecule has 0 aliphatic carbocycles. The second-order valence-electron chi connectivity index (χ2n) is 6.41. The molecule has 152 valence electrons. The Balaban J connectivity index is 1.89. The van der Waals surface area contributed by atoms with E-state index in [4.69, 9.17) is 23.2 Å². The monoisotopic (exact) mass is 469 g/mol. The number of carbonyl (C=O) groups excluding carboxylic acids is 1. The summed E-state index contributed by atoms with van der Waals surface area (Å²) in [5.74, 6) is -0.577. The van der Waals surface area contributed by atoms with Gasteiger partial charge in [0.25, 0.3) is 5.91 Å². The highest BCUT2D eigenvalue weighted by atomic mass is 35.5. The third kappa shape index (κ3) is 4.62. The summed E-state index contributed by atoms with van der Waals surface area (Å²) in [5, 5.41) is 4.84. The molecule has 0 saturated carbocycles. The Kier molecular flexibility index (Phi) is 6.30. The number of amides is 1. The predicted molar refractivity (Wildman–Crippen MR) is 118 cm³/mol. The molecule has 0 unspecified atom stereocenters. The number of carbonyl (C=O) groups is 1. The zero-order valence-corrected chi connectivity index (χ0v) is 18.9. The first kappa shape index (κ1) is 21.7. The maximum atomic E-state index is 12.7. The standard InChI is InChI=1S/C19H17Cl2N3O3S2/c1-11-4-6-12(7-5-11)16-10-28-19(22-16)23-18(25)13-8-17(15(21)9-14(13)20)29(26,27)24(2)3/h4-10H,1-3H3,(H,22,23,25). The van der Waals surface area contributed by atoms with Gasteiger partial charge in [0.1, 0.15) is 4.90 Å². The van der Waals surface area contributed by atoms with Gasteiger partial charge in [0.15, 0.2) is 5.13 Å². The van der Waals surface area contributed by atoms with Gasteiger partial charge in [-0.3, -0.25) is 10.1 Å². The number of sulfonamides is 1. The Morgan fingerprint density at radius 3 is 2.38 bits per heavy atom. The number of nitrogens with zero attached hydrogens (tertiary/aromatic N) is 2. The number of anilines is 1. The first-order valence-electron chi connectivity index (χ1n) is 8.35. The van der Waals surface area contributed by atoms with Gasteiger partial charge >= 0.3 is 0 Å². The average molecular weight is 470 g/mol. The fourth-order valence-corrected chi connectivity index (χ4v) is 4.89. The van der Waals surface area contributed by atoms with Crippen molar-refractivity contribution < 1.29 is 13.2 Å². The number of hydrogen-bond acceptors (Lipinski definition) is 5. The lowest BCUT2D eigenvalue weighted by atomic mass is 10.1. The minimum atomic E-state index is -3.84. The molecular weight excluding hydrogens is 453 g/mol. The maximum absolute atomic E-state index is 12.7. The number of rotatable bonds is 5. The van der Waals surface area contributed by atoms with E-state index in [-0.39, 0.29) is 20.5 Å². The van der Waals surface area contributed by atoms with Crippen LogP contribution in [0.2, 0.25) is 10.0 Å². The van der Waals surface area contributed by atoms with Gasteiger partial charge < -0.3 is 0 Å². The van der Waals surface area contributed by atoms with Crippen molar-refractivity contribution >= 4 is 55.6 Å². The van der Waals surface area contributed by atoms with E-state index in [9.17, 15) is 13.2 Å². The summed E-state index contributed by atoms with van der Waals surface area (Å²) < 4.78 is 25.9. The number of aryl methyl sites for hydroxylation is 1. The van der Waals surface area contributed by atoms with Crippen molar-refractivity contribution in [2.24, 2.45) is 0 Å². The van der Waals surface area contributed by atoms with Crippen molar-refractivity contribution in [1.29, 1.82) is 0 Å². The highest BCUT2D eigenvalue weighted by Crippen LogP contribution is 2.31. The van der Waals surface area contributed by atoms with Crippen LogP contribution in [0.3, 0.4) is 0 Å². The first-order valence-corrected chi connectivity index (χ1v) is 11.4. The number of aromatic nitrogens is 1. The highest BCUT2D eigenvalue weighted by Gasteiger charge is 2.25. The fourth-order valence-electron chi connectivity index (χ4n) is 2.45. The van der Waals surface area contributed by atoms with Crippen molar-refractivity contribution in [1.82, 2.24) is 9.29 Å². The Bertz CT molecular complexity index is 1170. The van der Waals surface area contributed by atoms with Gasteiger partial charge in [-0.15, -0.1) is 11.3 Å². The quantitative estimate of drug-likeness (QED) is 0.574. The van der Waals surface area contributed by atoms with Gasteiger partial charge in [0.2, 0.25) is 10.0 Å². The summed E-state index contributed by atoms with van der Waals surface area (Å²) in [6.07, 6.45) is 0. The zero-order valence-electron chi connectivity index (χ0n) is 15.7. The van der Waals surface area contributed by atoms with Crippen molar-refractivity contribution in [2.45, 2.75) is 11.8 Å². The Labute approximate surface area is 183 Å². The SMILES string of the molecule is Cc1ccc(-c2csc(NC(=O)c3cc(S(=O)(=O)N(C)C)c(Cl)cc3Cl)n2)cc1. The Morgan fingerprint density at radius 2 is 1.76 bits per heavy atom. The minimum Gasteiger partial charge on any atom is -0.298 e. The third-order valence-corrected chi connectivity index (χ3v) is 7.45. The van der Waals surface area contributed by atoms with E-state index in [1.54, 1.807) is 0 Å². The van der Waals surface area contributed by atoms with Crippen LogP contribution in [0.1, 0.15) is 15.9 Å². The predicted octanol–water partition coefficient (Wildman–Crippen LogP) is 4.93. The molecule has 0 atom stereocenters. The molecule has 3 rings (SSSR count). The number of hydrogen-bond donors (Lipinski definition) is 1. The maximum Gasteiger partial charge on any atom is 0.259 e. The van der Waals surface area contributed by atoms with Gasteiger partial charge in [-0.25, -0.2) is 17.7 Å². The van der Waals surface area contributed by atoms with Gasteiger partial charge in [-0.2, -0.15) is 0 Å². The molecule has 1 heterocycles. The van der Waals surface area contributed by atoms with E-state index in [2.05, 4.69) is 10.3 Å². The molecule has 0 aliphatic heterocycles. The third-order valence-electron chi connectivity index (χ3n) is 4.10. The van der Waals surface area contributed by atoms with Crippen LogP contribution < -0.4 is 5.32 Å². The van der Waals surface area contributed by atoms with Crippen LogP contribution in [-0.4, -0.2) is 37.7 Å².